The number of halogens is 1. The number of hydrogen-bond acceptors (Lipinski definition) is 5. The molecule has 0 bridgehead atoms. The minimum Gasteiger partial charge on any atom is -0.324 e. The molecule has 2 aromatic carbocycles. The lowest BCUT2D eigenvalue weighted by molar-refractivity contribution is -0.113. The zero-order valence-electron chi connectivity index (χ0n) is 16.5. The predicted octanol–water partition coefficient (Wildman–Crippen LogP) is 4.85. The van der Waals surface area contributed by atoms with Crippen molar-refractivity contribution in [2.75, 3.05) is 11.1 Å². The maximum absolute atomic E-state index is 12.4. The van der Waals surface area contributed by atoms with Crippen LogP contribution in [0.5, 0.6) is 0 Å². The molecule has 1 amide bonds. The van der Waals surface area contributed by atoms with E-state index in [2.05, 4.69) is 36.5 Å². The average molecular weight is 493 g/mol. The Morgan fingerprint density at radius 3 is 2.74 bits per heavy atom. The number of rotatable bonds is 5. The molecule has 0 atom stereocenters. The van der Waals surface area contributed by atoms with Gasteiger partial charge in [0.25, 0.3) is 0 Å². The van der Waals surface area contributed by atoms with Crippen LogP contribution < -0.4 is 5.32 Å². The van der Waals surface area contributed by atoms with E-state index in [0.29, 0.717) is 10.8 Å². The third kappa shape index (κ3) is 3.94. The van der Waals surface area contributed by atoms with Crippen LogP contribution in [-0.2, 0) is 4.79 Å². The fraction of sp³-hybridized carbons (Fsp3) is 0.0909. The highest BCUT2D eigenvalue weighted by Crippen LogP contribution is 2.26. The second-order valence-electron chi connectivity index (χ2n) is 7.02. The molecule has 0 spiro atoms. The van der Waals surface area contributed by atoms with Gasteiger partial charge in [-0.3, -0.25) is 9.20 Å². The van der Waals surface area contributed by atoms with Gasteiger partial charge < -0.3 is 5.32 Å². The van der Waals surface area contributed by atoms with Gasteiger partial charge in [0.05, 0.1) is 17.1 Å². The molecule has 0 fully saturated rings. The summed E-state index contributed by atoms with van der Waals surface area (Å²) >= 11 is 4.82. The number of amides is 1. The van der Waals surface area contributed by atoms with Crippen molar-refractivity contribution in [3.05, 3.63) is 77.0 Å². The first-order chi connectivity index (χ1) is 15.1. The van der Waals surface area contributed by atoms with Crippen molar-refractivity contribution in [1.82, 2.24) is 24.2 Å². The molecule has 3 aromatic heterocycles. The average Bonchev–Trinajstić information content (AvgIpc) is 3.39. The van der Waals surface area contributed by atoms with Gasteiger partial charge in [-0.15, -0.1) is 10.2 Å². The van der Waals surface area contributed by atoms with Gasteiger partial charge in [0.2, 0.25) is 5.91 Å². The van der Waals surface area contributed by atoms with Crippen LogP contribution in [0.3, 0.4) is 0 Å². The molecule has 0 unspecified atom stereocenters. The van der Waals surface area contributed by atoms with Crippen LogP contribution in [0.2, 0.25) is 0 Å². The Hall–Kier alpha value is -3.17. The van der Waals surface area contributed by atoms with Crippen molar-refractivity contribution in [1.29, 1.82) is 0 Å². The first kappa shape index (κ1) is 19.8. The largest absolute Gasteiger partial charge is 0.324 e. The van der Waals surface area contributed by atoms with Gasteiger partial charge in [-0.1, -0.05) is 48.2 Å². The Labute approximate surface area is 190 Å². The minimum absolute atomic E-state index is 0.108. The molecule has 1 N–H and O–H groups in total. The SMILES string of the molecule is Cc1ccc(NC(=O)CSc2nnc3c4cc(-c5ccccc5)nn4ccn23)c(Br)c1. The summed E-state index contributed by atoms with van der Waals surface area (Å²) < 4.78 is 4.53. The lowest BCUT2D eigenvalue weighted by Crippen LogP contribution is -2.14. The van der Waals surface area contributed by atoms with Crippen molar-refractivity contribution < 1.29 is 4.79 Å². The van der Waals surface area contributed by atoms with E-state index in [-0.39, 0.29) is 11.7 Å². The molecule has 9 heteroatoms. The van der Waals surface area contributed by atoms with Crippen LogP contribution in [-0.4, -0.2) is 35.9 Å². The molecule has 0 saturated heterocycles. The standard InChI is InChI=1S/C22H17BrN6OS/c1-14-7-8-17(16(23)11-14)24-20(30)13-31-22-26-25-21-19-12-18(15-5-3-2-4-6-15)27-29(19)10-9-28(21)22/h2-12H,13H2,1H3,(H,24,30). The van der Waals surface area contributed by atoms with Gasteiger partial charge in [-0.25, -0.2) is 4.52 Å². The summed E-state index contributed by atoms with van der Waals surface area (Å²) in [5.41, 5.74) is 5.33. The molecule has 7 nitrogen and oxygen atoms in total. The highest BCUT2D eigenvalue weighted by atomic mass is 79.9. The number of fused-ring (bicyclic) bond motifs is 3. The fourth-order valence-electron chi connectivity index (χ4n) is 3.28. The van der Waals surface area contributed by atoms with Gasteiger partial charge in [-0.05, 0) is 46.6 Å². The third-order valence-corrected chi connectivity index (χ3v) is 6.39. The van der Waals surface area contributed by atoms with Gasteiger partial charge in [0.1, 0.15) is 5.52 Å². The second-order valence-corrected chi connectivity index (χ2v) is 8.82. The highest BCUT2D eigenvalue weighted by Gasteiger charge is 2.14. The number of aryl methyl sites for hydroxylation is 1. The normalized spacial score (nSPS) is 11.3. The number of hydrogen-bond donors (Lipinski definition) is 1. The summed E-state index contributed by atoms with van der Waals surface area (Å²) in [6, 6.07) is 17.8. The molecule has 0 radical (unpaired) electrons. The molecule has 5 aromatic rings. The Morgan fingerprint density at radius 2 is 1.94 bits per heavy atom. The minimum atomic E-state index is -0.108. The number of nitrogens with one attached hydrogen (secondary N) is 1. The summed E-state index contributed by atoms with van der Waals surface area (Å²) in [5, 5.41) is 16.8. The molecule has 0 aliphatic rings. The molecule has 0 aliphatic carbocycles. The number of thioether (sulfide) groups is 1. The van der Waals surface area contributed by atoms with Crippen LogP contribution >= 0.6 is 27.7 Å². The first-order valence-electron chi connectivity index (χ1n) is 9.56. The lowest BCUT2D eigenvalue weighted by atomic mass is 10.1. The molecule has 31 heavy (non-hydrogen) atoms. The maximum Gasteiger partial charge on any atom is 0.234 e. The fourth-order valence-corrected chi connectivity index (χ4v) is 4.59. The Balaban J connectivity index is 1.36. The Morgan fingerprint density at radius 1 is 1.10 bits per heavy atom. The monoisotopic (exact) mass is 492 g/mol. The van der Waals surface area contributed by atoms with Crippen molar-refractivity contribution in [3.63, 3.8) is 0 Å². The summed E-state index contributed by atoms with van der Waals surface area (Å²) in [6.07, 6.45) is 3.73. The number of anilines is 1. The smallest absolute Gasteiger partial charge is 0.234 e. The van der Waals surface area contributed by atoms with E-state index in [0.717, 1.165) is 32.5 Å². The number of carbonyl (C=O) groups excluding carboxylic acids is 1. The van der Waals surface area contributed by atoms with E-state index in [9.17, 15) is 4.79 Å². The van der Waals surface area contributed by atoms with Crippen LogP contribution in [0.15, 0.2) is 76.6 Å². The molecule has 0 saturated carbocycles. The van der Waals surface area contributed by atoms with E-state index < -0.39 is 0 Å². The number of aromatic nitrogens is 5. The van der Waals surface area contributed by atoms with E-state index >= 15 is 0 Å². The van der Waals surface area contributed by atoms with Crippen LogP contribution in [0.4, 0.5) is 5.69 Å². The van der Waals surface area contributed by atoms with E-state index in [1.807, 2.05) is 78.3 Å². The summed E-state index contributed by atoms with van der Waals surface area (Å²) in [5.74, 6) is 0.115. The van der Waals surface area contributed by atoms with E-state index in [1.54, 1.807) is 4.52 Å². The molecular weight excluding hydrogens is 476 g/mol. The van der Waals surface area contributed by atoms with Crippen molar-refractivity contribution in [2.24, 2.45) is 0 Å². The topological polar surface area (TPSA) is 76.6 Å². The third-order valence-electron chi connectivity index (χ3n) is 4.79. The van der Waals surface area contributed by atoms with E-state index in [4.69, 9.17) is 0 Å². The molecular formula is C22H17BrN6OS. The molecule has 3 heterocycles. The Kier molecular flexibility index (Phi) is 5.21. The van der Waals surface area contributed by atoms with Gasteiger partial charge in [0, 0.05) is 22.4 Å². The summed E-state index contributed by atoms with van der Waals surface area (Å²) in [7, 11) is 0. The molecule has 154 valence electrons. The van der Waals surface area contributed by atoms with Crippen molar-refractivity contribution in [2.45, 2.75) is 12.1 Å². The van der Waals surface area contributed by atoms with E-state index in [1.165, 1.54) is 11.8 Å². The summed E-state index contributed by atoms with van der Waals surface area (Å²) in [4.78, 5) is 12.4. The number of carbonyl (C=O) groups is 1. The maximum atomic E-state index is 12.4. The highest BCUT2D eigenvalue weighted by molar-refractivity contribution is 9.10. The lowest BCUT2D eigenvalue weighted by Gasteiger charge is -2.07. The zero-order valence-corrected chi connectivity index (χ0v) is 18.9. The number of benzene rings is 2. The quantitative estimate of drug-likeness (QED) is 0.355. The van der Waals surface area contributed by atoms with Crippen molar-refractivity contribution in [3.8, 4) is 11.3 Å². The first-order valence-corrected chi connectivity index (χ1v) is 11.3. The molecule has 0 aliphatic heterocycles. The number of nitrogens with zero attached hydrogens (tertiary/aromatic N) is 5. The van der Waals surface area contributed by atoms with Crippen LogP contribution in [0, 0.1) is 6.92 Å². The predicted molar refractivity (Wildman–Crippen MR) is 125 cm³/mol. The van der Waals surface area contributed by atoms with Crippen molar-refractivity contribution >= 4 is 50.5 Å². The zero-order chi connectivity index (χ0) is 21.4. The second kappa shape index (κ2) is 8.16. The van der Waals surface area contributed by atoms with Gasteiger partial charge in [-0.2, -0.15) is 5.10 Å². The molecule has 5 rings (SSSR count). The van der Waals surface area contributed by atoms with Gasteiger partial charge >= 0.3 is 0 Å². The van der Waals surface area contributed by atoms with Crippen LogP contribution in [0.1, 0.15) is 5.56 Å². The Bertz CT molecular complexity index is 1410. The van der Waals surface area contributed by atoms with Crippen LogP contribution in [0.25, 0.3) is 22.4 Å². The van der Waals surface area contributed by atoms with Gasteiger partial charge in [0.15, 0.2) is 10.8 Å². The summed E-state index contributed by atoms with van der Waals surface area (Å²) in [6.45, 7) is 2.00.